The zero-order valence-electron chi connectivity index (χ0n) is 42.6. The summed E-state index contributed by atoms with van der Waals surface area (Å²) >= 11 is 23.4. The maximum Gasteiger partial charge on any atom is 0.410 e. The lowest BCUT2D eigenvalue weighted by atomic mass is 10.2. The molecule has 6 heterocycles. The number of β-amino-alcohol motifs (C(OH)–C–C–N with tert-alkyl or cyclic N) is 1. The number of amides is 1. The summed E-state index contributed by atoms with van der Waals surface area (Å²) in [5.74, 6) is 0.440. The highest BCUT2D eigenvalue weighted by Crippen LogP contribution is 2.32. The van der Waals surface area contributed by atoms with Gasteiger partial charge in [-0.1, -0.05) is 70.7 Å². The number of aliphatic hydroxyl groups is 1. The van der Waals surface area contributed by atoms with Crippen LogP contribution >= 0.6 is 46.4 Å². The highest BCUT2D eigenvalue weighted by Gasteiger charge is 2.30. The van der Waals surface area contributed by atoms with E-state index >= 15 is 0 Å². The molecule has 11 rings (SSSR count). The number of aliphatic hydroxyl groups excluding tert-OH is 1. The van der Waals surface area contributed by atoms with Gasteiger partial charge in [-0.25, -0.2) is 19.7 Å². The molecule has 0 aliphatic carbocycles. The molecular formula is C56H55Cl4FN8O9. The Bertz CT molecular complexity index is 3330. The van der Waals surface area contributed by atoms with Gasteiger partial charge in [-0.3, -0.25) is 20.2 Å². The number of halogens is 5. The minimum absolute atomic E-state index is 0.0629. The summed E-state index contributed by atoms with van der Waals surface area (Å²) < 4.78 is 29.4. The highest BCUT2D eigenvalue weighted by molar-refractivity contribution is 6.32. The Morgan fingerprint density at radius 1 is 0.654 bits per heavy atom. The molecule has 408 valence electrons. The van der Waals surface area contributed by atoms with Crippen molar-refractivity contribution < 1.29 is 38.3 Å². The van der Waals surface area contributed by atoms with Gasteiger partial charge in [0.2, 0.25) is 17.6 Å². The van der Waals surface area contributed by atoms with Crippen LogP contribution in [0, 0.1) is 26.0 Å². The van der Waals surface area contributed by atoms with Crippen LogP contribution in [0.4, 0.5) is 26.2 Å². The second-order valence-electron chi connectivity index (χ2n) is 19.0. The fourth-order valence-corrected chi connectivity index (χ4v) is 8.89. The summed E-state index contributed by atoms with van der Waals surface area (Å²) in [7, 11) is 0. The van der Waals surface area contributed by atoms with Gasteiger partial charge >= 0.3 is 11.8 Å². The Labute approximate surface area is 469 Å². The molecule has 22 heteroatoms. The number of rotatable bonds is 7. The van der Waals surface area contributed by atoms with Crippen molar-refractivity contribution in [1.29, 1.82) is 0 Å². The van der Waals surface area contributed by atoms with Crippen LogP contribution in [0.2, 0.25) is 20.2 Å². The van der Waals surface area contributed by atoms with E-state index in [4.69, 9.17) is 60.6 Å². The summed E-state index contributed by atoms with van der Waals surface area (Å²) in [6, 6.07) is 39.8. The molecule has 3 aliphatic rings. The quantitative estimate of drug-likeness (QED) is 0.0865. The van der Waals surface area contributed by atoms with E-state index in [-0.39, 0.29) is 35.0 Å². The Morgan fingerprint density at radius 3 is 1.68 bits per heavy atom. The number of carbonyl (C=O) groups is 1. The van der Waals surface area contributed by atoms with E-state index in [1.165, 1.54) is 23.1 Å². The average molecular weight is 1140 g/mol. The number of carbonyl (C=O) groups excluding carboxylic acids is 1. The molecule has 0 saturated carbocycles. The van der Waals surface area contributed by atoms with Crippen LogP contribution in [0.3, 0.4) is 0 Å². The number of likely N-dealkylation sites (tertiary alicyclic amines) is 1. The number of nitrogens with one attached hydrogen (secondary N) is 1. The third-order valence-electron chi connectivity index (χ3n) is 11.9. The number of anilines is 1. The van der Waals surface area contributed by atoms with E-state index in [0.29, 0.717) is 65.2 Å². The Hall–Kier alpha value is -7.19. The number of pyridine rings is 3. The first-order valence-electron chi connectivity index (χ1n) is 24.7. The van der Waals surface area contributed by atoms with Crippen molar-refractivity contribution in [3.05, 3.63) is 186 Å². The Morgan fingerprint density at radius 2 is 1.18 bits per heavy atom. The molecule has 8 aromatic rings. The number of ether oxygens (including phenoxy) is 3. The van der Waals surface area contributed by atoms with Crippen LogP contribution in [0.5, 0.6) is 11.8 Å². The molecule has 5 aromatic carbocycles. The first kappa shape index (κ1) is 58.5. The summed E-state index contributed by atoms with van der Waals surface area (Å²) in [5, 5.41) is 39.3. The standard InChI is InChI=1S/C19H16ClN3O3.C13H13ClN2O.C9H5Cl2N.C9H17NO3.C6H4FNO2/c20-14-6-7-16-13(11-14)5-8-19(21-16)26-15-9-10-22(12-15)17-3-1-2-4-18(17)23(24)25;14-10-2-3-12-9(7-10)1-4-13(16-12)17-11-5-6-15-8-11;10-7-2-3-8-6(5-7)1-4-9(11)12-8;1-9(2,3)13-8(12)10-5-4-7(11)6-10;7-5-3-1-2-4-6(5)8(9)10/h1-8,11,15H,9-10,12H2;1-4,7,11,15H,5-6,8H2;1-5H;7,11H,4-6H2,1-3H3;1-4H/t15-;11-;;7-;/m00.0./s1. The first-order valence-corrected chi connectivity index (χ1v) is 26.2. The molecule has 17 nitrogen and oxygen atoms in total. The second-order valence-corrected chi connectivity index (χ2v) is 20.7. The number of nitro benzene ring substituents is 2. The van der Waals surface area contributed by atoms with Gasteiger partial charge in [0.1, 0.15) is 28.6 Å². The SMILES string of the molecule is CC(C)(C)OC(=O)N1CC[C@H](O)C1.Clc1ccc2nc(Cl)ccc2c1.Clc1ccc2nc(O[C@H]3CCNC3)ccc2c1.O=[N+]([O-])c1ccccc1F.O=[N+]([O-])c1ccccc1N1CC[C@H](Oc2ccc3cc(Cl)ccc3n2)C1. The molecule has 3 aromatic heterocycles. The molecule has 3 saturated heterocycles. The summed E-state index contributed by atoms with van der Waals surface area (Å²) in [5.41, 5.74) is 2.41. The van der Waals surface area contributed by atoms with Crippen LogP contribution in [0.1, 0.15) is 40.0 Å². The third kappa shape index (κ3) is 17.4. The predicted octanol–water partition coefficient (Wildman–Crippen LogP) is 13.3. The van der Waals surface area contributed by atoms with Gasteiger partial charge in [-0.05, 0) is 131 Å². The lowest BCUT2D eigenvalue weighted by Gasteiger charge is -2.24. The van der Waals surface area contributed by atoms with Gasteiger partial charge in [0.25, 0.3) is 5.69 Å². The van der Waals surface area contributed by atoms with Gasteiger partial charge in [0.15, 0.2) is 0 Å². The van der Waals surface area contributed by atoms with Crippen molar-refractivity contribution >= 4 is 102 Å². The predicted molar refractivity (Wildman–Crippen MR) is 303 cm³/mol. The number of hydrogen-bond donors (Lipinski definition) is 2. The van der Waals surface area contributed by atoms with Crippen molar-refractivity contribution in [2.45, 2.75) is 63.9 Å². The number of benzene rings is 5. The van der Waals surface area contributed by atoms with E-state index in [9.17, 15) is 34.5 Å². The lowest BCUT2D eigenvalue weighted by Crippen LogP contribution is -2.35. The molecule has 0 spiro atoms. The molecule has 2 N–H and O–H groups in total. The highest BCUT2D eigenvalue weighted by atomic mass is 35.5. The fraction of sp³-hybridized carbons (Fsp3) is 0.286. The normalized spacial score (nSPS) is 16.6. The summed E-state index contributed by atoms with van der Waals surface area (Å²) in [4.78, 5) is 48.1. The largest absolute Gasteiger partial charge is 0.473 e. The van der Waals surface area contributed by atoms with Crippen LogP contribution < -0.4 is 19.7 Å². The van der Waals surface area contributed by atoms with E-state index < -0.39 is 22.0 Å². The van der Waals surface area contributed by atoms with Crippen LogP contribution in [0.15, 0.2) is 140 Å². The van der Waals surface area contributed by atoms with Gasteiger partial charge in [-0.2, -0.15) is 4.39 Å². The fourth-order valence-electron chi connectivity index (χ4n) is 8.19. The molecule has 3 aliphatic heterocycles. The molecule has 3 atom stereocenters. The number of para-hydroxylation sites is 3. The van der Waals surface area contributed by atoms with Gasteiger partial charge in [0, 0.05) is 88.1 Å². The van der Waals surface area contributed by atoms with E-state index in [0.717, 1.165) is 75.8 Å². The Kier molecular flexibility index (Phi) is 20.6. The zero-order chi connectivity index (χ0) is 55.9. The van der Waals surface area contributed by atoms with E-state index in [1.54, 1.807) is 30.3 Å². The van der Waals surface area contributed by atoms with Gasteiger partial charge < -0.3 is 34.4 Å². The van der Waals surface area contributed by atoms with E-state index in [2.05, 4.69) is 20.3 Å². The number of nitro groups is 2. The smallest absolute Gasteiger partial charge is 0.410 e. The molecular weight excluding hydrogens is 1090 g/mol. The Balaban J connectivity index is 0.000000148. The van der Waals surface area contributed by atoms with E-state index in [1.807, 2.05) is 105 Å². The number of hydrogen-bond acceptors (Lipinski definition) is 14. The van der Waals surface area contributed by atoms with Crippen molar-refractivity contribution in [1.82, 2.24) is 25.2 Å². The third-order valence-corrected chi connectivity index (χ3v) is 12.8. The first-order chi connectivity index (χ1) is 37.3. The van der Waals surface area contributed by atoms with Crippen LogP contribution in [-0.2, 0) is 4.74 Å². The molecule has 1 amide bonds. The van der Waals surface area contributed by atoms with Crippen LogP contribution in [0.25, 0.3) is 32.7 Å². The summed E-state index contributed by atoms with van der Waals surface area (Å²) in [6.07, 6.45) is 1.95. The van der Waals surface area contributed by atoms with Gasteiger partial charge in [0.05, 0.1) is 39.0 Å². The number of fused-ring (bicyclic) bond motifs is 3. The minimum Gasteiger partial charge on any atom is -0.473 e. The van der Waals surface area contributed by atoms with Crippen molar-refractivity contribution in [3.63, 3.8) is 0 Å². The minimum atomic E-state index is -0.799. The maximum absolute atomic E-state index is 12.4. The monoisotopic (exact) mass is 1140 g/mol. The van der Waals surface area contributed by atoms with Crippen molar-refractivity contribution in [2.75, 3.05) is 44.2 Å². The second kappa shape index (κ2) is 27.4. The maximum atomic E-state index is 12.4. The lowest BCUT2D eigenvalue weighted by molar-refractivity contribution is -0.387. The molecule has 3 fully saturated rings. The van der Waals surface area contributed by atoms with Crippen molar-refractivity contribution in [2.24, 2.45) is 0 Å². The summed E-state index contributed by atoms with van der Waals surface area (Å²) in [6.45, 7) is 9.70. The molecule has 0 unspecified atom stereocenters. The molecule has 0 radical (unpaired) electrons. The number of aromatic nitrogens is 3. The number of nitrogens with zero attached hydrogens (tertiary/aromatic N) is 7. The average Bonchev–Trinajstić information content (AvgIpc) is 4.22. The zero-order valence-corrected chi connectivity index (χ0v) is 45.6. The molecule has 78 heavy (non-hydrogen) atoms. The van der Waals surface area contributed by atoms with Crippen molar-refractivity contribution in [3.8, 4) is 11.8 Å². The topological polar surface area (TPSA) is 208 Å². The van der Waals surface area contributed by atoms with Gasteiger partial charge in [-0.15, -0.1) is 0 Å². The van der Waals surface area contributed by atoms with Crippen LogP contribution in [-0.4, -0.2) is 104 Å². The molecule has 0 bridgehead atoms.